The first-order valence-electron chi connectivity index (χ1n) is 8.67. The zero-order chi connectivity index (χ0) is 21.0. The lowest BCUT2D eigenvalue weighted by atomic mass is 10.2. The molecule has 150 valence electrons. The summed E-state index contributed by atoms with van der Waals surface area (Å²) in [6.45, 7) is 1.84. The van der Waals surface area contributed by atoms with Crippen LogP contribution >= 0.6 is 0 Å². The number of aromatic nitrogens is 3. The van der Waals surface area contributed by atoms with E-state index in [1.54, 1.807) is 25.2 Å². The van der Waals surface area contributed by atoms with E-state index >= 15 is 0 Å². The third kappa shape index (κ3) is 5.28. The lowest BCUT2D eigenvalue weighted by Gasteiger charge is -2.16. The van der Waals surface area contributed by atoms with Crippen LogP contribution < -0.4 is 5.32 Å². The van der Waals surface area contributed by atoms with Crippen LogP contribution in [0.4, 0.5) is 24.7 Å². The van der Waals surface area contributed by atoms with Gasteiger partial charge in [0.05, 0.1) is 0 Å². The molecule has 29 heavy (non-hydrogen) atoms. The molecule has 0 aliphatic rings. The van der Waals surface area contributed by atoms with E-state index in [1.165, 1.54) is 36.4 Å². The first-order chi connectivity index (χ1) is 13.7. The highest BCUT2D eigenvalue weighted by Crippen LogP contribution is 2.31. The van der Waals surface area contributed by atoms with Crippen molar-refractivity contribution in [2.24, 2.45) is 0 Å². The molecule has 9 heteroatoms. The number of halogens is 3. The maximum atomic E-state index is 13.3. The van der Waals surface area contributed by atoms with E-state index in [-0.39, 0.29) is 17.5 Å². The zero-order valence-electron chi connectivity index (χ0n) is 15.7. The molecule has 1 amide bonds. The van der Waals surface area contributed by atoms with Crippen LogP contribution in [0.2, 0.25) is 0 Å². The molecule has 6 nitrogen and oxygen atoms in total. The normalized spacial score (nSPS) is 11.2. The van der Waals surface area contributed by atoms with Gasteiger partial charge >= 0.3 is 6.18 Å². The molecule has 3 aromatic rings. The summed E-state index contributed by atoms with van der Waals surface area (Å²) in [5.74, 6) is -0.135. The van der Waals surface area contributed by atoms with Gasteiger partial charge in [0.15, 0.2) is 11.5 Å². The molecule has 1 N–H and O–H groups in total. The lowest BCUT2D eigenvalue weighted by Crippen LogP contribution is -2.22. The number of amides is 1. The second-order valence-electron chi connectivity index (χ2n) is 6.40. The third-order valence-electron chi connectivity index (χ3n) is 4.11. The molecule has 0 saturated carbocycles. The molecule has 0 radical (unpaired) electrons. The van der Waals surface area contributed by atoms with E-state index in [1.807, 2.05) is 6.07 Å². The van der Waals surface area contributed by atoms with Gasteiger partial charge in [-0.15, -0.1) is 0 Å². The van der Waals surface area contributed by atoms with Gasteiger partial charge in [-0.1, -0.05) is 12.1 Å². The average Bonchev–Trinajstić information content (AvgIpc) is 2.68. The van der Waals surface area contributed by atoms with Gasteiger partial charge in [0.1, 0.15) is 5.82 Å². The number of hydrogen-bond donors (Lipinski definition) is 1. The Bertz CT molecular complexity index is 1010. The van der Waals surface area contributed by atoms with Gasteiger partial charge in [0.2, 0.25) is 5.91 Å². The Kier molecular flexibility index (Phi) is 5.76. The topological polar surface area (TPSA) is 71.0 Å². The summed E-state index contributed by atoms with van der Waals surface area (Å²) >= 11 is 0. The number of carbonyl (C=O) groups excluding carboxylic acids is 1. The van der Waals surface area contributed by atoms with Crippen molar-refractivity contribution in [3.05, 3.63) is 66.1 Å². The summed E-state index contributed by atoms with van der Waals surface area (Å²) in [5.41, 5.74) is 0.749. The fourth-order valence-corrected chi connectivity index (χ4v) is 2.57. The van der Waals surface area contributed by atoms with E-state index in [2.05, 4.69) is 20.3 Å². The summed E-state index contributed by atoms with van der Waals surface area (Å²) in [6, 6.07) is 11.0. The first kappa shape index (κ1) is 20.2. The minimum absolute atomic E-state index is 0.0104. The van der Waals surface area contributed by atoms with Crippen molar-refractivity contribution in [3.63, 3.8) is 0 Å². The second kappa shape index (κ2) is 8.26. The van der Waals surface area contributed by atoms with Gasteiger partial charge < -0.3 is 10.2 Å². The largest absolute Gasteiger partial charge is 0.433 e. The van der Waals surface area contributed by atoms with Crippen molar-refractivity contribution in [2.75, 3.05) is 12.4 Å². The SMILES string of the molecule is CC(=O)N(C)Cc1cccc(Nc2cc(C(F)(F)F)nc(-c3ccncc3)n2)c1. The summed E-state index contributed by atoms with van der Waals surface area (Å²) in [5, 5.41) is 2.90. The van der Waals surface area contributed by atoms with Crippen LogP contribution in [0.3, 0.4) is 0 Å². The molecule has 3 rings (SSSR count). The monoisotopic (exact) mass is 401 g/mol. The molecule has 0 aliphatic heterocycles. The van der Waals surface area contributed by atoms with Crippen molar-refractivity contribution in [1.29, 1.82) is 0 Å². The fourth-order valence-electron chi connectivity index (χ4n) is 2.57. The average molecular weight is 401 g/mol. The molecule has 0 bridgehead atoms. The van der Waals surface area contributed by atoms with E-state index in [4.69, 9.17) is 0 Å². The number of pyridine rings is 1. The minimum Gasteiger partial charge on any atom is -0.342 e. The van der Waals surface area contributed by atoms with Crippen molar-refractivity contribution in [3.8, 4) is 11.4 Å². The number of anilines is 2. The van der Waals surface area contributed by atoms with Crippen LogP contribution in [0.1, 0.15) is 18.2 Å². The highest BCUT2D eigenvalue weighted by atomic mass is 19.4. The highest BCUT2D eigenvalue weighted by molar-refractivity contribution is 5.73. The molecule has 2 heterocycles. The number of nitrogens with zero attached hydrogens (tertiary/aromatic N) is 4. The van der Waals surface area contributed by atoms with Crippen LogP contribution in [0.5, 0.6) is 0 Å². The lowest BCUT2D eigenvalue weighted by molar-refractivity contribution is -0.141. The molecule has 0 atom stereocenters. The Hall–Kier alpha value is -3.49. The van der Waals surface area contributed by atoms with Gasteiger partial charge in [-0.2, -0.15) is 13.2 Å². The van der Waals surface area contributed by atoms with Crippen molar-refractivity contribution in [2.45, 2.75) is 19.6 Å². The van der Waals surface area contributed by atoms with Gasteiger partial charge in [-0.25, -0.2) is 9.97 Å². The Morgan fingerprint density at radius 1 is 1.10 bits per heavy atom. The number of hydrogen-bond acceptors (Lipinski definition) is 5. The quantitative estimate of drug-likeness (QED) is 0.691. The second-order valence-corrected chi connectivity index (χ2v) is 6.40. The van der Waals surface area contributed by atoms with Gasteiger partial charge in [0.25, 0.3) is 0 Å². The van der Waals surface area contributed by atoms with Crippen molar-refractivity contribution >= 4 is 17.4 Å². The van der Waals surface area contributed by atoms with Gasteiger partial charge in [-0.05, 0) is 29.8 Å². The predicted molar refractivity (Wildman–Crippen MR) is 102 cm³/mol. The highest BCUT2D eigenvalue weighted by Gasteiger charge is 2.33. The van der Waals surface area contributed by atoms with Crippen molar-refractivity contribution in [1.82, 2.24) is 19.9 Å². The molecular weight excluding hydrogens is 383 g/mol. The Morgan fingerprint density at radius 2 is 1.83 bits per heavy atom. The predicted octanol–water partition coefficient (Wildman–Crippen LogP) is 4.28. The zero-order valence-corrected chi connectivity index (χ0v) is 15.7. The number of nitrogens with one attached hydrogen (secondary N) is 1. The van der Waals surface area contributed by atoms with Crippen LogP contribution in [-0.2, 0) is 17.5 Å². The number of benzene rings is 1. The number of alkyl halides is 3. The van der Waals surface area contributed by atoms with Crippen LogP contribution in [0.25, 0.3) is 11.4 Å². The number of carbonyl (C=O) groups is 1. The molecule has 1 aromatic carbocycles. The fraction of sp³-hybridized carbons (Fsp3) is 0.200. The summed E-state index contributed by atoms with van der Waals surface area (Å²) < 4.78 is 40.0. The molecule has 0 spiro atoms. The summed E-state index contributed by atoms with van der Waals surface area (Å²) in [7, 11) is 1.67. The smallest absolute Gasteiger partial charge is 0.342 e. The molecule has 0 unspecified atom stereocenters. The van der Waals surface area contributed by atoms with E-state index in [0.29, 0.717) is 17.8 Å². The third-order valence-corrected chi connectivity index (χ3v) is 4.11. The van der Waals surface area contributed by atoms with Crippen LogP contribution in [-0.4, -0.2) is 32.8 Å². The van der Waals surface area contributed by atoms with E-state index in [9.17, 15) is 18.0 Å². The Morgan fingerprint density at radius 3 is 2.48 bits per heavy atom. The van der Waals surface area contributed by atoms with Gasteiger partial charge in [0, 0.05) is 50.2 Å². The van der Waals surface area contributed by atoms with Crippen LogP contribution in [0, 0.1) is 0 Å². The summed E-state index contributed by atoms with van der Waals surface area (Å²) in [6.07, 6.45) is -1.70. The minimum atomic E-state index is -4.62. The Balaban J connectivity index is 1.94. The molecule has 2 aromatic heterocycles. The molecule has 0 saturated heterocycles. The standard InChI is InChI=1S/C20H18F3N5O/c1-13(29)28(2)12-14-4-3-5-16(10-14)25-18-11-17(20(21,22)23)26-19(27-18)15-6-8-24-9-7-15/h3-11H,12H2,1-2H3,(H,25,26,27). The van der Waals surface area contributed by atoms with Gasteiger partial charge in [-0.3, -0.25) is 9.78 Å². The maximum Gasteiger partial charge on any atom is 0.433 e. The number of rotatable bonds is 5. The van der Waals surface area contributed by atoms with E-state index < -0.39 is 11.9 Å². The maximum absolute atomic E-state index is 13.3. The Labute approximate surface area is 165 Å². The molecule has 0 fully saturated rings. The van der Waals surface area contributed by atoms with E-state index in [0.717, 1.165) is 11.6 Å². The first-order valence-corrected chi connectivity index (χ1v) is 8.67. The van der Waals surface area contributed by atoms with Crippen LogP contribution in [0.15, 0.2) is 54.9 Å². The van der Waals surface area contributed by atoms with Crippen molar-refractivity contribution < 1.29 is 18.0 Å². The molecule has 0 aliphatic carbocycles. The summed E-state index contributed by atoms with van der Waals surface area (Å²) in [4.78, 5) is 24.7. The molecular formula is C20H18F3N5O.